The summed E-state index contributed by atoms with van der Waals surface area (Å²) in [6, 6.07) is 18.2. The molecule has 1 saturated heterocycles. The van der Waals surface area contributed by atoms with E-state index in [-0.39, 0.29) is 5.56 Å². The van der Waals surface area contributed by atoms with Gasteiger partial charge in [0.25, 0.3) is 5.91 Å². The summed E-state index contributed by atoms with van der Waals surface area (Å²) in [6.07, 6.45) is 2.36. The van der Waals surface area contributed by atoms with Crippen LogP contribution in [0.1, 0.15) is 29.6 Å². The zero-order valence-corrected chi connectivity index (χ0v) is 19.6. The molecule has 0 bridgehead atoms. The molecule has 3 aromatic rings. The summed E-state index contributed by atoms with van der Waals surface area (Å²) in [6.45, 7) is 0.658. The van der Waals surface area contributed by atoms with Gasteiger partial charge in [0.1, 0.15) is 10.7 Å². The third-order valence-corrected chi connectivity index (χ3v) is 7.45. The van der Waals surface area contributed by atoms with Crippen LogP contribution in [0.4, 0.5) is 26.2 Å². The van der Waals surface area contributed by atoms with Crippen molar-refractivity contribution in [3.05, 3.63) is 84.2 Å². The molecule has 0 aliphatic carbocycles. The smallest absolute Gasteiger partial charge is 0.322 e. The zero-order chi connectivity index (χ0) is 24.8. The fourth-order valence-corrected chi connectivity index (χ4v) is 5.39. The molecule has 8 nitrogen and oxygen atoms in total. The molecule has 10 heteroatoms. The first kappa shape index (κ1) is 24.4. The van der Waals surface area contributed by atoms with Crippen molar-refractivity contribution in [2.75, 3.05) is 29.0 Å². The molecule has 1 heterocycles. The summed E-state index contributed by atoms with van der Waals surface area (Å²) in [4.78, 5) is 24.5. The van der Waals surface area contributed by atoms with Crippen molar-refractivity contribution < 1.29 is 22.4 Å². The van der Waals surface area contributed by atoms with Gasteiger partial charge in [0.05, 0.1) is 0 Å². The van der Waals surface area contributed by atoms with Gasteiger partial charge in [-0.3, -0.25) is 4.79 Å². The maximum Gasteiger partial charge on any atom is 0.323 e. The first-order valence-corrected chi connectivity index (χ1v) is 12.6. The largest absolute Gasteiger partial charge is 0.323 e. The predicted octanol–water partition coefficient (Wildman–Crippen LogP) is 4.90. The first-order valence-electron chi connectivity index (χ1n) is 11.2. The van der Waals surface area contributed by atoms with Crippen LogP contribution in [0.15, 0.2) is 77.7 Å². The Hall–Kier alpha value is -3.76. The van der Waals surface area contributed by atoms with Crippen LogP contribution in [0.25, 0.3) is 0 Å². The molecule has 0 saturated carbocycles. The molecule has 182 valence electrons. The van der Waals surface area contributed by atoms with Crippen LogP contribution in [-0.4, -0.2) is 37.8 Å². The van der Waals surface area contributed by atoms with Gasteiger partial charge in [0, 0.05) is 35.7 Å². The molecule has 0 atom stereocenters. The number of hydrogen-bond donors (Lipinski definition) is 3. The number of carbonyl (C=O) groups is 2. The average Bonchev–Trinajstić information content (AvgIpc) is 2.85. The normalized spacial score (nSPS) is 14.2. The monoisotopic (exact) mass is 496 g/mol. The third kappa shape index (κ3) is 6.03. The highest BCUT2D eigenvalue weighted by atomic mass is 32.2. The van der Waals surface area contributed by atoms with Crippen LogP contribution in [0.2, 0.25) is 0 Å². The van der Waals surface area contributed by atoms with Crippen molar-refractivity contribution in [3.63, 3.8) is 0 Å². The number of piperidine rings is 1. The lowest BCUT2D eigenvalue weighted by molar-refractivity contribution is 0.102. The number of anilines is 3. The molecule has 0 unspecified atom stereocenters. The Morgan fingerprint density at radius 3 is 2.09 bits per heavy atom. The number of halogens is 1. The van der Waals surface area contributed by atoms with E-state index in [4.69, 9.17) is 0 Å². The van der Waals surface area contributed by atoms with Gasteiger partial charge in [-0.2, -0.15) is 4.31 Å². The third-order valence-electron chi connectivity index (χ3n) is 5.54. The van der Waals surface area contributed by atoms with E-state index in [0.717, 1.165) is 31.4 Å². The van der Waals surface area contributed by atoms with Gasteiger partial charge in [-0.05, 0) is 61.4 Å². The minimum atomic E-state index is -4.04. The average molecular weight is 497 g/mol. The van der Waals surface area contributed by atoms with Crippen LogP contribution in [-0.2, 0) is 10.0 Å². The van der Waals surface area contributed by atoms with Crippen molar-refractivity contribution in [1.29, 1.82) is 0 Å². The number of sulfonamides is 1. The molecule has 3 amide bonds. The van der Waals surface area contributed by atoms with Crippen molar-refractivity contribution in [2.24, 2.45) is 0 Å². The summed E-state index contributed by atoms with van der Waals surface area (Å²) in [5, 5.41) is 8.03. The second-order valence-corrected chi connectivity index (χ2v) is 10.00. The van der Waals surface area contributed by atoms with Crippen molar-refractivity contribution >= 4 is 39.0 Å². The predicted molar refractivity (Wildman–Crippen MR) is 132 cm³/mol. The van der Waals surface area contributed by atoms with Crippen LogP contribution in [0, 0.1) is 5.82 Å². The minimum absolute atomic E-state index is 0.00201. The quantitative estimate of drug-likeness (QED) is 0.451. The van der Waals surface area contributed by atoms with Gasteiger partial charge in [-0.1, -0.05) is 30.7 Å². The van der Waals surface area contributed by atoms with Gasteiger partial charge >= 0.3 is 6.03 Å². The summed E-state index contributed by atoms with van der Waals surface area (Å²) < 4.78 is 41.6. The molecule has 1 aliphatic rings. The van der Waals surface area contributed by atoms with E-state index in [1.807, 2.05) is 6.07 Å². The number of carbonyl (C=O) groups excluding carboxylic acids is 2. The van der Waals surface area contributed by atoms with E-state index in [2.05, 4.69) is 16.0 Å². The molecule has 0 spiro atoms. The molecule has 1 fully saturated rings. The van der Waals surface area contributed by atoms with E-state index in [1.54, 1.807) is 48.5 Å². The van der Waals surface area contributed by atoms with Gasteiger partial charge in [0.2, 0.25) is 10.0 Å². The fraction of sp³-hybridized carbons (Fsp3) is 0.200. The lowest BCUT2D eigenvalue weighted by atomic mass is 10.2. The number of hydrogen-bond acceptors (Lipinski definition) is 4. The molecule has 3 N–H and O–H groups in total. The van der Waals surface area contributed by atoms with Crippen LogP contribution in [0.5, 0.6) is 0 Å². The molecule has 1 aliphatic heterocycles. The van der Waals surface area contributed by atoms with Crippen LogP contribution in [0.3, 0.4) is 0 Å². The van der Waals surface area contributed by atoms with Crippen molar-refractivity contribution in [3.8, 4) is 0 Å². The molecule has 0 aromatic heterocycles. The maximum absolute atomic E-state index is 14.5. The number of para-hydroxylation sites is 1. The van der Waals surface area contributed by atoms with Gasteiger partial charge in [-0.15, -0.1) is 0 Å². The topological polar surface area (TPSA) is 108 Å². The summed E-state index contributed by atoms with van der Waals surface area (Å²) in [7, 11) is -4.04. The lowest BCUT2D eigenvalue weighted by Crippen LogP contribution is -2.36. The number of nitrogens with one attached hydrogen (secondary N) is 3. The highest BCUT2D eigenvalue weighted by Crippen LogP contribution is 2.25. The number of urea groups is 1. The van der Waals surface area contributed by atoms with Crippen LogP contribution >= 0.6 is 0 Å². The Kier molecular flexibility index (Phi) is 7.42. The van der Waals surface area contributed by atoms with Gasteiger partial charge in [-0.25, -0.2) is 17.6 Å². The molecular formula is C25H25FN4O4S. The molecular weight excluding hydrogens is 471 g/mol. The van der Waals surface area contributed by atoms with E-state index >= 15 is 0 Å². The molecule has 4 rings (SSSR count). The number of rotatable bonds is 6. The lowest BCUT2D eigenvalue weighted by Gasteiger charge is -2.26. The Bertz CT molecular complexity index is 1330. The minimum Gasteiger partial charge on any atom is -0.322 e. The molecule has 35 heavy (non-hydrogen) atoms. The van der Waals surface area contributed by atoms with Gasteiger partial charge in [0.15, 0.2) is 0 Å². The maximum atomic E-state index is 14.5. The number of nitrogens with zero attached hydrogens (tertiary/aromatic N) is 1. The second kappa shape index (κ2) is 10.7. The summed E-state index contributed by atoms with van der Waals surface area (Å²) >= 11 is 0. The van der Waals surface area contributed by atoms with Gasteiger partial charge < -0.3 is 16.0 Å². The van der Waals surface area contributed by atoms with Crippen molar-refractivity contribution in [1.82, 2.24) is 4.31 Å². The molecule has 3 aromatic carbocycles. The van der Waals surface area contributed by atoms with E-state index in [1.165, 1.54) is 10.4 Å². The highest BCUT2D eigenvalue weighted by molar-refractivity contribution is 7.89. The number of benzene rings is 3. The Labute approximate surface area is 203 Å². The SMILES string of the molecule is O=C(Nc1ccccc1)Nc1cccc(NC(=O)c2ccc(F)c(S(=O)(=O)N3CCCCC3)c2)c1. The van der Waals surface area contributed by atoms with Crippen LogP contribution < -0.4 is 16.0 Å². The van der Waals surface area contributed by atoms with E-state index in [0.29, 0.717) is 30.2 Å². The fourth-order valence-electron chi connectivity index (χ4n) is 3.78. The zero-order valence-electron chi connectivity index (χ0n) is 18.8. The summed E-state index contributed by atoms with van der Waals surface area (Å²) in [5.74, 6) is -1.51. The summed E-state index contributed by atoms with van der Waals surface area (Å²) in [5.41, 5.74) is 1.43. The second-order valence-electron chi connectivity index (χ2n) is 8.09. The van der Waals surface area contributed by atoms with E-state index in [9.17, 15) is 22.4 Å². The highest BCUT2D eigenvalue weighted by Gasteiger charge is 2.29. The standard InChI is InChI=1S/C25H25FN4O4S/c26-22-13-12-18(16-23(22)35(33,34)30-14-5-2-6-15-30)24(31)27-20-10-7-11-21(17-20)29-25(32)28-19-8-3-1-4-9-19/h1,3-4,7-13,16-17H,2,5-6,14-15H2,(H,27,31)(H2,28,29,32). The first-order chi connectivity index (χ1) is 16.8. The Balaban J connectivity index is 1.46. The Morgan fingerprint density at radius 1 is 0.743 bits per heavy atom. The number of amides is 3. The van der Waals surface area contributed by atoms with Crippen molar-refractivity contribution in [2.45, 2.75) is 24.2 Å². The molecule has 0 radical (unpaired) electrons. The van der Waals surface area contributed by atoms with E-state index < -0.39 is 32.7 Å². The Morgan fingerprint density at radius 2 is 1.37 bits per heavy atom.